The quantitative estimate of drug-likeness (QED) is 0.153. The number of aromatic nitrogens is 2. The van der Waals surface area contributed by atoms with Gasteiger partial charge in [-0.3, -0.25) is 0 Å². The molecule has 0 atom stereocenters. The molecule has 10 aromatic rings. The second-order valence-corrected chi connectivity index (χ2v) is 15.1. The number of benzene rings is 8. The molecule has 0 aliphatic rings. The summed E-state index contributed by atoms with van der Waals surface area (Å²) in [7, 11) is 4.27. The Bertz CT molecular complexity index is 3080. The summed E-state index contributed by atoms with van der Waals surface area (Å²) >= 11 is 0. The van der Waals surface area contributed by atoms with Crippen LogP contribution in [0.1, 0.15) is 88.8 Å². The molecule has 530 valence electrons. The maximum absolute atomic E-state index is 3.26. The van der Waals surface area contributed by atoms with E-state index < -0.39 is 0 Å². The third kappa shape index (κ3) is 190. The van der Waals surface area contributed by atoms with Crippen LogP contribution in [0, 0.1) is 65.8 Å². The summed E-state index contributed by atoms with van der Waals surface area (Å²) in [6.07, 6.45) is 0. The molecule has 0 bridgehead atoms. The summed E-state index contributed by atoms with van der Waals surface area (Å²) in [6.45, 7) is 28.7. The SMILES string of the molecule is CC.CC.CC.CC.Cc1cc[c-]c(-c2[c-]cccc2C)c1.Cc1ccc2c3ccccc3n(C)c2c1.Cc1ccc[c-]c1-c1[c-]cccc1C.Cc1cccc2c3ccccc3n(C)c12.[Y].[Y].[Y].[Y].[Y].[Y].[Y].[Y].[Y].[Y].[Y].[Y].[Y].[Y].[Y].[Y].[Y].[Y].[Y].[Y].[Y].[Y].[Y].[Y].[Y].[Y].[Y].[Y].[Y].[Y].[Y].[Y].[Y].[Y].[Y].[Y].[Y].[Y].[Y].[Y].[Y].[Y].[Y].[Y].[Y].[Y].[Y].[Y].[Y].[Y].[Y].[Y].[Y].[Y].[Y].[Y].[Y].[Y].[Y].[Y].[Y].[Y]. The molecule has 2 aromatic heterocycles. The van der Waals surface area contributed by atoms with E-state index in [2.05, 4.69) is 204 Å². The zero-order chi connectivity index (χ0) is 48.8. The fraction of sp³-hybridized carbons (Fsp3) is 0.250. The van der Waals surface area contributed by atoms with E-state index in [-0.39, 0.29) is 2030 Å². The van der Waals surface area contributed by atoms with E-state index in [0.29, 0.717) is 0 Å². The van der Waals surface area contributed by atoms with Crippen LogP contribution in [-0.2, 0) is 2040 Å². The van der Waals surface area contributed by atoms with Gasteiger partial charge in [-0.05, 0) is 43.2 Å². The van der Waals surface area contributed by atoms with Gasteiger partial charge in [0.25, 0.3) is 0 Å². The van der Waals surface area contributed by atoms with Crippen molar-refractivity contribution in [3.05, 3.63) is 215 Å². The maximum atomic E-state index is 3.26. The molecule has 64 heteroatoms. The monoisotopic (exact) mass is 6380 g/mol. The van der Waals surface area contributed by atoms with Crippen LogP contribution in [0.3, 0.4) is 0 Å². The van der Waals surface area contributed by atoms with E-state index in [1.54, 1.807) is 0 Å². The van der Waals surface area contributed by atoms with E-state index in [1.165, 1.54) is 77.0 Å². The van der Waals surface area contributed by atoms with Gasteiger partial charge in [0.1, 0.15) is 0 Å². The van der Waals surface area contributed by atoms with Gasteiger partial charge in [-0.2, -0.15) is 89.5 Å². The fourth-order valence-corrected chi connectivity index (χ4v) is 7.82. The van der Waals surface area contributed by atoms with Crippen molar-refractivity contribution in [3.63, 3.8) is 0 Å². The van der Waals surface area contributed by atoms with Crippen molar-refractivity contribution in [2.75, 3.05) is 0 Å². The average Bonchev–Trinajstić information content (AvgIpc) is 1.63. The molecule has 62 radical (unpaired) electrons. The predicted octanol–water partition coefficient (Wildman–Crippen LogP) is 18.4. The van der Waals surface area contributed by atoms with Crippen LogP contribution in [0.2, 0.25) is 0 Å². The van der Waals surface area contributed by atoms with Crippen LogP contribution < -0.4 is 0 Å². The molecule has 2 heterocycles. The Kier molecular flexibility index (Phi) is 907. The Balaban J connectivity index is -0.00000000699. The van der Waals surface area contributed by atoms with Gasteiger partial charge in [0, 0.05) is 2080 Å². The summed E-state index contributed by atoms with van der Waals surface area (Å²) in [5.41, 5.74) is 17.5. The second kappa shape index (κ2) is 289. The molecular formula is C64H74N2Y62-4. The third-order valence-corrected chi connectivity index (χ3v) is 10.9. The number of aryl methyl sites for hydroxylation is 8. The van der Waals surface area contributed by atoms with Crippen molar-refractivity contribution in [1.29, 1.82) is 0 Å². The molecular weight excluding hydrogens is 6310 g/mol. The van der Waals surface area contributed by atoms with Gasteiger partial charge in [-0.15, -0.1) is 29.8 Å². The zero-order valence-corrected chi connectivity index (χ0v) is 255. The minimum atomic E-state index is 0. The summed E-state index contributed by atoms with van der Waals surface area (Å²) in [5, 5.41) is 5.39. The summed E-state index contributed by atoms with van der Waals surface area (Å²) in [6, 6.07) is 67.6. The number of hydrogen-bond donors (Lipinski definition) is 0. The van der Waals surface area contributed by atoms with Gasteiger partial charge in [0.15, 0.2) is 0 Å². The standard InChI is InChI=1S/2C14H13N.2C14H12.4C2H6.62Y/c1-10-6-5-8-12-11-7-3-4-9-13(11)15(2)14(10)12;1-10-7-8-12-11-5-3-4-6-13(11)15(2)14(12)9-10;1-11-7-3-5-9-13(11)14-10-6-4-8-12(14)2;1-11-6-5-8-13(10-11)14-9-4-3-7-12(14)2;4*1-2;;;;;;;;;;;;;;;;;;;;;;;;;;;;;;;;;;;;;;;;;;;;;;;;;;;;;;;;;;;;;;/h2*3-9H,1-2H3;3-8H,1-2H3;3-7,10H,1-2H3;4*1-2H3;;;;;;;;;;;;;;;;;;;;;;;;;;;;;;;;;;;;;;;;;;;;;;;;;;;;;;;;;;;;;;/q;;2*-2;;;;;;;;;;;;;;;;;;;;;;;;;;;;;;;;;;;;;;;;;;;;;;;;;;;;;;;;;;;;;;;;;;. The van der Waals surface area contributed by atoms with E-state index >= 15 is 0 Å². The van der Waals surface area contributed by atoms with E-state index in [9.17, 15) is 0 Å². The summed E-state index contributed by atoms with van der Waals surface area (Å²) < 4.78 is 4.54. The predicted molar refractivity (Wildman–Crippen MR) is 294 cm³/mol. The first-order valence-electron chi connectivity index (χ1n) is 23.9. The normalized spacial score (nSPS) is 5.06. The number of rotatable bonds is 2. The van der Waals surface area contributed by atoms with Crippen molar-refractivity contribution in [3.8, 4) is 22.3 Å². The smallest absolute Gasteiger partial charge is 0.0518 e. The van der Waals surface area contributed by atoms with Crippen molar-refractivity contribution in [1.82, 2.24) is 9.13 Å². The second-order valence-electron chi connectivity index (χ2n) is 15.1. The molecule has 0 fully saturated rings. The molecule has 2 nitrogen and oxygen atoms in total. The van der Waals surface area contributed by atoms with Crippen LogP contribution in [0.25, 0.3) is 65.9 Å². The van der Waals surface area contributed by atoms with Gasteiger partial charge in [0.2, 0.25) is 0 Å². The van der Waals surface area contributed by atoms with Crippen LogP contribution >= 0.6 is 0 Å². The van der Waals surface area contributed by atoms with Gasteiger partial charge in [-0.1, -0.05) is 150 Å². The molecule has 0 N–H and O–H groups in total. The van der Waals surface area contributed by atoms with Crippen LogP contribution in [0.4, 0.5) is 0 Å². The minimum Gasteiger partial charge on any atom is -0.344 e. The van der Waals surface area contributed by atoms with Gasteiger partial charge < -0.3 is 9.13 Å². The Morgan fingerprint density at radius 1 is 0.172 bits per heavy atom. The van der Waals surface area contributed by atoms with E-state index in [0.717, 1.165) is 22.3 Å². The van der Waals surface area contributed by atoms with Crippen LogP contribution in [-0.4, -0.2) is 9.13 Å². The zero-order valence-electron chi connectivity index (χ0n) is 78.7. The Morgan fingerprint density at radius 2 is 0.391 bits per heavy atom. The molecule has 0 aliphatic heterocycles. The maximum Gasteiger partial charge on any atom is 0.0518 e. The fourth-order valence-electron chi connectivity index (χ4n) is 7.82. The van der Waals surface area contributed by atoms with Gasteiger partial charge >= 0.3 is 0 Å². The number of hydrogen-bond acceptors (Lipinski definition) is 0. The number of para-hydroxylation sites is 3. The Labute approximate surface area is 2340 Å². The Morgan fingerprint density at radius 3 is 0.656 bits per heavy atom. The van der Waals surface area contributed by atoms with Crippen LogP contribution in [0.5, 0.6) is 0 Å². The third-order valence-electron chi connectivity index (χ3n) is 10.9. The van der Waals surface area contributed by atoms with E-state index in [4.69, 9.17) is 0 Å². The first-order chi connectivity index (χ1) is 32.1. The average molecular weight is 6380 g/mol. The minimum absolute atomic E-state index is 0. The largest absolute Gasteiger partial charge is 0.344 e. The molecule has 8 aromatic carbocycles. The van der Waals surface area contributed by atoms with Crippen LogP contribution in [0.15, 0.2) is 158 Å². The Hall–Kier alpha value is 61.8. The molecule has 0 aliphatic carbocycles. The molecule has 0 spiro atoms. The van der Waals surface area contributed by atoms with Crippen molar-refractivity contribution < 1.29 is 2030 Å². The van der Waals surface area contributed by atoms with Crippen molar-refractivity contribution >= 4 is 43.6 Å². The number of fused-ring (bicyclic) bond motifs is 6. The van der Waals surface area contributed by atoms with Crippen molar-refractivity contribution in [2.24, 2.45) is 14.1 Å². The number of nitrogens with zero attached hydrogens (tertiary/aromatic N) is 2. The topological polar surface area (TPSA) is 9.86 Å². The van der Waals surface area contributed by atoms with E-state index in [1.807, 2.05) is 97.9 Å². The molecule has 0 saturated carbocycles. The molecule has 0 saturated heterocycles. The summed E-state index contributed by atoms with van der Waals surface area (Å²) in [5.74, 6) is 0. The first kappa shape index (κ1) is 402. The molecule has 10 rings (SSSR count). The van der Waals surface area contributed by atoms with Gasteiger partial charge in [-0.25, -0.2) is 22.3 Å². The molecule has 0 amide bonds. The first-order valence-corrected chi connectivity index (χ1v) is 23.9. The molecule has 128 heavy (non-hydrogen) atoms. The summed E-state index contributed by atoms with van der Waals surface area (Å²) in [4.78, 5) is 0. The molecule has 0 unspecified atom stereocenters. The van der Waals surface area contributed by atoms with Crippen molar-refractivity contribution in [2.45, 2.75) is 96.9 Å². The van der Waals surface area contributed by atoms with Gasteiger partial charge in [0.05, 0.1) is 5.52 Å².